The third-order valence-electron chi connectivity index (χ3n) is 2.76. The third kappa shape index (κ3) is 2.06. The summed E-state index contributed by atoms with van der Waals surface area (Å²) in [6.45, 7) is 9.21. The zero-order valence-corrected chi connectivity index (χ0v) is 10.4. The van der Waals surface area contributed by atoms with Gasteiger partial charge in [-0.15, -0.1) is 0 Å². The Morgan fingerprint density at radius 1 is 1.31 bits per heavy atom. The average Bonchev–Trinajstić information content (AvgIpc) is 2.15. The standard InChI is InChI=1S/C14H19NO/c1-5-16-11-6-7-12-10(2)9-14(3,4)15-13(12)8-11/h6-9,15H,5H2,1-4H3. The second-order valence-electron chi connectivity index (χ2n) is 4.81. The van der Waals surface area contributed by atoms with Crippen LogP contribution >= 0.6 is 0 Å². The molecule has 2 heteroatoms. The fourth-order valence-corrected chi connectivity index (χ4v) is 2.23. The van der Waals surface area contributed by atoms with E-state index < -0.39 is 0 Å². The van der Waals surface area contributed by atoms with Gasteiger partial charge in [0.25, 0.3) is 0 Å². The van der Waals surface area contributed by atoms with E-state index in [2.05, 4.69) is 44.3 Å². The van der Waals surface area contributed by atoms with Crippen LogP contribution in [0.5, 0.6) is 5.75 Å². The summed E-state index contributed by atoms with van der Waals surface area (Å²) >= 11 is 0. The minimum atomic E-state index is 0.0158. The molecule has 0 bridgehead atoms. The molecule has 2 nitrogen and oxygen atoms in total. The molecule has 1 N–H and O–H groups in total. The molecule has 0 radical (unpaired) electrons. The Kier molecular flexibility index (Phi) is 2.66. The van der Waals surface area contributed by atoms with E-state index in [-0.39, 0.29) is 5.54 Å². The van der Waals surface area contributed by atoms with Crippen LogP contribution in [0.3, 0.4) is 0 Å². The number of hydrogen-bond acceptors (Lipinski definition) is 2. The number of fused-ring (bicyclic) bond motifs is 1. The Morgan fingerprint density at radius 2 is 2.06 bits per heavy atom. The minimum Gasteiger partial charge on any atom is -0.494 e. The smallest absolute Gasteiger partial charge is 0.121 e. The summed E-state index contributed by atoms with van der Waals surface area (Å²) in [5, 5.41) is 3.51. The quantitative estimate of drug-likeness (QED) is 0.815. The number of anilines is 1. The molecule has 1 aromatic rings. The van der Waals surface area contributed by atoms with Crippen molar-refractivity contribution < 1.29 is 4.74 Å². The predicted octanol–water partition coefficient (Wildman–Crippen LogP) is 3.69. The van der Waals surface area contributed by atoms with Crippen molar-refractivity contribution >= 4 is 11.3 Å². The fraction of sp³-hybridized carbons (Fsp3) is 0.429. The lowest BCUT2D eigenvalue weighted by atomic mass is 9.91. The summed E-state index contributed by atoms with van der Waals surface area (Å²) in [7, 11) is 0. The van der Waals surface area contributed by atoms with Gasteiger partial charge in [-0.05, 0) is 45.4 Å². The molecule has 0 amide bonds. The largest absolute Gasteiger partial charge is 0.494 e. The number of nitrogens with one attached hydrogen (secondary N) is 1. The van der Waals surface area contributed by atoms with Crippen molar-refractivity contribution in [1.82, 2.24) is 0 Å². The molecular formula is C14H19NO. The van der Waals surface area contributed by atoms with E-state index in [0.717, 1.165) is 11.4 Å². The lowest BCUT2D eigenvalue weighted by molar-refractivity contribution is 0.340. The molecule has 0 atom stereocenters. The highest BCUT2D eigenvalue weighted by Gasteiger charge is 2.22. The first-order chi connectivity index (χ1) is 7.52. The zero-order chi connectivity index (χ0) is 11.8. The van der Waals surface area contributed by atoms with Crippen LogP contribution in [0, 0.1) is 0 Å². The van der Waals surface area contributed by atoms with E-state index in [1.54, 1.807) is 0 Å². The molecule has 0 fully saturated rings. The maximum atomic E-state index is 5.52. The van der Waals surface area contributed by atoms with Gasteiger partial charge in [0.1, 0.15) is 5.75 Å². The highest BCUT2D eigenvalue weighted by molar-refractivity contribution is 5.80. The summed E-state index contributed by atoms with van der Waals surface area (Å²) in [5.74, 6) is 0.930. The zero-order valence-electron chi connectivity index (χ0n) is 10.4. The molecule has 0 saturated heterocycles. The molecule has 1 aliphatic rings. The molecule has 0 spiro atoms. The maximum Gasteiger partial charge on any atom is 0.121 e. The lowest BCUT2D eigenvalue weighted by Crippen LogP contribution is -2.31. The molecule has 1 aromatic carbocycles. The van der Waals surface area contributed by atoms with Crippen molar-refractivity contribution in [2.24, 2.45) is 0 Å². The summed E-state index contributed by atoms with van der Waals surface area (Å²) in [6.07, 6.45) is 2.26. The monoisotopic (exact) mass is 217 g/mol. The summed E-state index contributed by atoms with van der Waals surface area (Å²) in [6, 6.07) is 6.23. The Morgan fingerprint density at radius 3 is 2.75 bits per heavy atom. The number of ether oxygens (including phenoxy) is 1. The van der Waals surface area contributed by atoms with E-state index in [1.807, 2.05) is 13.0 Å². The number of rotatable bonds is 2. The van der Waals surface area contributed by atoms with Crippen molar-refractivity contribution in [3.63, 3.8) is 0 Å². The Hall–Kier alpha value is -1.44. The maximum absolute atomic E-state index is 5.52. The van der Waals surface area contributed by atoms with Crippen molar-refractivity contribution in [2.75, 3.05) is 11.9 Å². The molecule has 0 saturated carbocycles. The van der Waals surface area contributed by atoms with Crippen LogP contribution in [0.25, 0.3) is 5.57 Å². The van der Waals surface area contributed by atoms with Gasteiger partial charge in [0.2, 0.25) is 0 Å². The fourth-order valence-electron chi connectivity index (χ4n) is 2.23. The van der Waals surface area contributed by atoms with Gasteiger partial charge in [0.15, 0.2) is 0 Å². The van der Waals surface area contributed by atoms with Crippen molar-refractivity contribution in [3.05, 3.63) is 29.8 Å². The van der Waals surface area contributed by atoms with E-state index >= 15 is 0 Å². The van der Waals surface area contributed by atoms with Crippen LogP contribution in [-0.4, -0.2) is 12.1 Å². The van der Waals surface area contributed by atoms with Gasteiger partial charge >= 0.3 is 0 Å². The van der Waals surface area contributed by atoms with Crippen LogP contribution < -0.4 is 10.1 Å². The number of hydrogen-bond donors (Lipinski definition) is 1. The van der Waals surface area contributed by atoms with Gasteiger partial charge in [-0.25, -0.2) is 0 Å². The molecule has 2 rings (SSSR count). The first-order valence-electron chi connectivity index (χ1n) is 5.77. The van der Waals surface area contributed by atoms with Crippen LogP contribution in [-0.2, 0) is 0 Å². The first kappa shape index (κ1) is 11.1. The Balaban J connectivity index is 2.41. The van der Waals surface area contributed by atoms with E-state index in [0.29, 0.717) is 6.61 Å². The predicted molar refractivity (Wildman–Crippen MR) is 69.0 cm³/mol. The summed E-state index contributed by atoms with van der Waals surface area (Å²) in [5.41, 5.74) is 3.77. The molecule has 0 aliphatic carbocycles. The van der Waals surface area contributed by atoms with Crippen LogP contribution in [0.2, 0.25) is 0 Å². The van der Waals surface area contributed by atoms with Gasteiger partial charge in [0, 0.05) is 17.3 Å². The normalized spacial score (nSPS) is 17.1. The highest BCUT2D eigenvalue weighted by atomic mass is 16.5. The SMILES string of the molecule is CCOc1ccc2c(c1)NC(C)(C)C=C2C. The van der Waals surface area contributed by atoms with Crippen molar-refractivity contribution in [2.45, 2.75) is 33.2 Å². The molecular weight excluding hydrogens is 198 g/mol. The van der Waals surface area contributed by atoms with Gasteiger partial charge in [-0.3, -0.25) is 0 Å². The van der Waals surface area contributed by atoms with Gasteiger partial charge in [-0.1, -0.05) is 6.08 Å². The van der Waals surface area contributed by atoms with Crippen molar-refractivity contribution in [3.8, 4) is 5.75 Å². The van der Waals surface area contributed by atoms with Gasteiger partial charge < -0.3 is 10.1 Å². The Labute approximate surface area is 97.3 Å². The molecule has 0 unspecified atom stereocenters. The molecule has 0 aromatic heterocycles. The first-order valence-corrected chi connectivity index (χ1v) is 5.77. The second-order valence-corrected chi connectivity index (χ2v) is 4.81. The van der Waals surface area contributed by atoms with Crippen LogP contribution in [0.15, 0.2) is 24.3 Å². The van der Waals surface area contributed by atoms with Crippen LogP contribution in [0.4, 0.5) is 5.69 Å². The molecule has 16 heavy (non-hydrogen) atoms. The molecule has 1 heterocycles. The van der Waals surface area contributed by atoms with Gasteiger partial charge in [-0.2, -0.15) is 0 Å². The third-order valence-corrected chi connectivity index (χ3v) is 2.76. The molecule has 1 aliphatic heterocycles. The topological polar surface area (TPSA) is 21.3 Å². The van der Waals surface area contributed by atoms with E-state index in [1.165, 1.54) is 11.1 Å². The second kappa shape index (κ2) is 3.85. The summed E-state index contributed by atoms with van der Waals surface area (Å²) < 4.78 is 5.52. The Bertz CT molecular complexity index is 432. The van der Waals surface area contributed by atoms with E-state index in [4.69, 9.17) is 4.74 Å². The van der Waals surface area contributed by atoms with E-state index in [9.17, 15) is 0 Å². The van der Waals surface area contributed by atoms with Crippen molar-refractivity contribution in [1.29, 1.82) is 0 Å². The number of allylic oxidation sites excluding steroid dienone is 1. The summed E-state index contributed by atoms with van der Waals surface area (Å²) in [4.78, 5) is 0. The average molecular weight is 217 g/mol. The number of benzene rings is 1. The highest BCUT2D eigenvalue weighted by Crippen LogP contribution is 2.35. The molecule has 86 valence electrons. The van der Waals surface area contributed by atoms with Crippen LogP contribution in [0.1, 0.15) is 33.3 Å². The minimum absolute atomic E-state index is 0.0158. The van der Waals surface area contributed by atoms with Gasteiger partial charge in [0.05, 0.1) is 12.1 Å². The lowest BCUT2D eigenvalue weighted by Gasteiger charge is -2.31.